The summed E-state index contributed by atoms with van der Waals surface area (Å²) in [4.78, 5) is 72.4. The van der Waals surface area contributed by atoms with E-state index in [0.29, 0.717) is 63.0 Å². The molecule has 0 aliphatic carbocycles. The van der Waals surface area contributed by atoms with Crippen LogP contribution in [-0.2, 0) is 43.4 Å². The van der Waals surface area contributed by atoms with E-state index in [0.717, 1.165) is 42.4 Å². The Kier molecular flexibility index (Phi) is 14.5. The molecule has 3 heterocycles. The first-order valence-electron chi connectivity index (χ1n) is 20.0. The van der Waals surface area contributed by atoms with E-state index in [9.17, 15) is 24.3 Å². The van der Waals surface area contributed by atoms with E-state index < -0.39 is 35.9 Å². The van der Waals surface area contributed by atoms with Gasteiger partial charge >= 0.3 is 5.97 Å². The Morgan fingerprint density at radius 2 is 1.54 bits per heavy atom. The Bertz CT molecular complexity index is 1810. The molecule has 0 saturated carbocycles. The van der Waals surface area contributed by atoms with Crippen LogP contribution in [0, 0.1) is 11.8 Å². The van der Waals surface area contributed by atoms with Crippen molar-refractivity contribution in [1.29, 1.82) is 0 Å². The summed E-state index contributed by atoms with van der Waals surface area (Å²) in [5.41, 5.74) is 2.78. The van der Waals surface area contributed by atoms with E-state index in [1.165, 1.54) is 4.90 Å². The number of methoxy groups -OCH3 is 1. The van der Waals surface area contributed by atoms with Gasteiger partial charge < -0.3 is 30.3 Å². The van der Waals surface area contributed by atoms with Crippen molar-refractivity contribution in [3.8, 4) is 5.75 Å². The molecule has 0 spiro atoms. The number of piperidine rings is 1. The van der Waals surface area contributed by atoms with E-state index >= 15 is 4.79 Å². The van der Waals surface area contributed by atoms with Crippen molar-refractivity contribution in [1.82, 2.24) is 20.4 Å². The number of carboxylic acids is 1. The molecule has 4 amide bonds. The number of rotatable bonds is 15. The van der Waals surface area contributed by atoms with E-state index in [4.69, 9.17) is 4.74 Å². The molecule has 3 N–H and O–H groups in total. The number of ether oxygens (including phenoxy) is 1. The predicted molar refractivity (Wildman–Crippen MR) is 216 cm³/mol. The van der Waals surface area contributed by atoms with Gasteiger partial charge in [0.05, 0.1) is 12.5 Å². The first-order valence-corrected chi connectivity index (χ1v) is 21.0. The molecule has 11 nitrogen and oxygen atoms in total. The second-order valence-corrected chi connectivity index (χ2v) is 16.5. The number of nitrogens with one attached hydrogen (secondary N) is 2. The number of benzene rings is 3. The molecule has 0 bridgehead atoms. The number of nitrogens with zero attached hydrogens (tertiary/aromatic N) is 2. The van der Waals surface area contributed by atoms with Gasteiger partial charge in [0.2, 0.25) is 23.6 Å². The summed E-state index contributed by atoms with van der Waals surface area (Å²) in [5, 5.41) is 15.8. The zero-order chi connectivity index (χ0) is 39.4. The maximum Gasteiger partial charge on any atom is 0.326 e. The summed E-state index contributed by atoms with van der Waals surface area (Å²) >= 11 is 1.58. The number of thioether (sulfide) groups is 1. The highest BCUT2D eigenvalue weighted by Crippen LogP contribution is 2.35. The number of carboxylic acid groups (broad SMARTS) is 1. The fraction of sp³-hybridized carbons (Fsp3) is 0.477. The Balaban J connectivity index is 1.28. The molecule has 3 aliphatic heterocycles. The molecule has 3 fully saturated rings. The van der Waals surface area contributed by atoms with Crippen LogP contribution in [0.25, 0.3) is 0 Å². The molecule has 6 atom stereocenters. The Morgan fingerprint density at radius 1 is 0.857 bits per heavy atom. The van der Waals surface area contributed by atoms with Crippen LogP contribution >= 0.6 is 11.8 Å². The van der Waals surface area contributed by atoms with Crippen molar-refractivity contribution < 1.29 is 33.8 Å². The monoisotopic (exact) mass is 782 g/mol. The van der Waals surface area contributed by atoms with Gasteiger partial charge in [0.1, 0.15) is 23.9 Å². The minimum absolute atomic E-state index is 0.149. The lowest BCUT2D eigenvalue weighted by atomic mass is 9.86. The SMILES string of the molecule is COc1cccc(CN(C(=O)[C@H](CC[C@H](Cc2ccccc2)C(=O)NC2CCSC3CCCC(C(=O)O)N3C2=O)Cc2ccccc2)C2CCCCNC2=O)c1. The lowest BCUT2D eigenvalue weighted by Crippen LogP contribution is -2.57. The number of amides is 4. The van der Waals surface area contributed by atoms with Gasteiger partial charge in [-0.05, 0) is 105 Å². The van der Waals surface area contributed by atoms with Crippen LogP contribution < -0.4 is 15.4 Å². The number of hydrogen-bond donors (Lipinski definition) is 3. The van der Waals surface area contributed by atoms with Crippen LogP contribution in [0.3, 0.4) is 0 Å². The summed E-state index contributed by atoms with van der Waals surface area (Å²) in [7, 11) is 1.60. The van der Waals surface area contributed by atoms with Crippen molar-refractivity contribution in [2.45, 2.75) is 101 Å². The first-order chi connectivity index (χ1) is 27.2. The van der Waals surface area contributed by atoms with Crippen molar-refractivity contribution in [2.75, 3.05) is 19.4 Å². The molecule has 3 saturated heterocycles. The highest BCUT2D eigenvalue weighted by Gasteiger charge is 2.43. The standard InChI is InChI=1S/C44H54N4O7S/c1-55-35-17-10-16-32(28-35)29-47(37-18-8-9-24-45-41(37)50)42(51)34(27-31-14-6-3-7-15-31)22-21-33(26-30-12-4-2-5-13-30)40(49)46-36-23-25-56-39-20-11-19-38(44(53)54)48(39)43(36)52/h2-7,10,12-17,28,33-34,36-39H,8-9,11,18-27,29H2,1H3,(H,45,50)(H,46,49)(H,53,54)/t33-,34-,36?,37?,38?,39?/m1/s1. The van der Waals surface area contributed by atoms with Gasteiger partial charge in [-0.1, -0.05) is 72.8 Å². The molecule has 3 aromatic carbocycles. The second kappa shape index (κ2) is 19.8. The molecular weight excluding hydrogens is 729 g/mol. The largest absolute Gasteiger partial charge is 0.497 e. The minimum atomic E-state index is -1.02. The molecule has 3 aromatic rings. The van der Waals surface area contributed by atoms with Gasteiger partial charge in [-0.3, -0.25) is 19.2 Å². The molecule has 56 heavy (non-hydrogen) atoms. The number of aliphatic carboxylic acids is 1. The van der Waals surface area contributed by atoms with E-state index in [2.05, 4.69) is 10.6 Å². The molecular formula is C44H54N4O7S. The summed E-state index contributed by atoms with van der Waals surface area (Å²) < 4.78 is 5.48. The third-order valence-electron chi connectivity index (χ3n) is 11.3. The summed E-state index contributed by atoms with van der Waals surface area (Å²) in [6, 6.07) is 24.7. The first kappa shape index (κ1) is 40.8. The Hall–Kier alpha value is -4.84. The average molecular weight is 783 g/mol. The molecule has 0 aromatic heterocycles. The fourth-order valence-electron chi connectivity index (χ4n) is 8.32. The van der Waals surface area contributed by atoms with Gasteiger partial charge in [-0.2, -0.15) is 0 Å². The van der Waals surface area contributed by atoms with Crippen LogP contribution in [0.2, 0.25) is 0 Å². The zero-order valence-electron chi connectivity index (χ0n) is 32.1. The molecule has 298 valence electrons. The van der Waals surface area contributed by atoms with Gasteiger partial charge in [0, 0.05) is 24.9 Å². The van der Waals surface area contributed by atoms with Gasteiger partial charge in [0.15, 0.2) is 0 Å². The van der Waals surface area contributed by atoms with Gasteiger partial charge in [-0.25, -0.2) is 4.79 Å². The van der Waals surface area contributed by atoms with Crippen LogP contribution in [0.4, 0.5) is 0 Å². The minimum Gasteiger partial charge on any atom is -0.497 e. The second-order valence-electron chi connectivity index (χ2n) is 15.2. The number of hydrogen-bond acceptors (Lipinski definition) is 7. The summed E-state index contributed by atoms with van der Waals surface area (Å²) in [6.45, 7) is 0.793. The quantitative estimate of drug-likeness (QED) is 0.181. The van der Waals surface area contributed by atoms with Crippen LogP contribution in [0.5, 0.6) is 5.75 Å². The summed E-state index contributed by atoms with van der Waals surface area (Å²) in [6.07, 6.45) is 6.00. The third-order valence-corrected chi connectivity index (χ3v) is 12.7. The van der Waals surface area contributed by atoms with Crippen LogP contribution in [-0.4, -0.2) is 87.4 Å². The smallest absolute Gasteiger partial charge is 0.326 e. The molecule has 6 rings (SSSR count). The number of carbonyl (C=O) groups is 5. The molecule has 0 radical (unpaired) electrons. The fourth-order valence-corrected chi connectivity index (χ4v) is 9.71. The van der Waals surface area contributed by atoms with E-state index in [1.807, 2.05) is 84.9 Å². The topological polar surface area (TPSA) is 145 Å². The maximum atomic E-state index is 15.0. The van der Waals surface area contributed by atoms with Crippen molar-refractivity contribution in [3.05, 3.63) is 102 Å². The zero-order valence-corrected chi connectivity index (χ0v) is 33.0. The highest BCUT2D eigenvalue weighted by molar-refractivity contribution is 7.99. The van der Waals surface area contributed by atoms with Gasteiger partial charge in [0.25, 0.3) is 0 Å². The van der Waals surface area contributed by atoms with Gasteiger partial charge in [-0.15, -0.1) is 11.8 Å². The van der Waals surface area contributed by atoms with Crippen LogP contribution in [0.1, 0.15) is 74.5 Å². The summed E-state index contributed by atoms with van der Waals surface area (Å²) in [5.74, 6) is -1.80. The predicted octanol–water partition coefficient (Wildman–Crippen LogP) is 5.60. The lowest BCUT2D eigenvalue weighted by molar-refractivity contribution is -0.154. The van der Waals surface area contributed by atoms with Crippen molar-refractivity contribution in [3.63, 3.8) is 0 Å². The van der Waals surface area contributed by atoms with E-state index in [-0.39, 0.29) is 35.5 Å². The Morgan fingerprint density at radius 3 is 2.23 bits per heavy atom. The third kappa shape index (κ3) is 10.5. The molecule has 3 aliphatic rings. The molecule has 12 heteroatoms. The van der Waals surface area contributed by atoms with Crippen LogP contribution in [0.15, 0.2) is 84.9 Å². The normalized spacial score (nSPS) is 22.3. The van der Waals surface area contributed by atoms with Crippen molar-refractivity contribution in [2.24, 2.45) is 11.8 Å². The average Bonchev–Trinajstić information content (AvgIpc) is 3.53. The molecule has 4 unspecified atom stereocenters. The number of fused-ring (bicyclic) bond motifs is 1. The lowest BCUT2D eigenvalue weighted by Gasteiger charge is -2.39. The van der Waals surface area contributed by atoms with E-state index in [1.54, 1.807) is 23.8 Å². The highest BCUT2D eigenvalue weighted by atomic mass is 32.2. The maximum absolute atomic E-state index is 15.0. The Labute approximate surface area is 333 Å². The number of carbonyl (C=O) groups excluding carboxylic acids is 4. The van der Waals surface area contributed by atoms with Crippen molar-refractivity contribution >= 4 is 41.4 Å².